The summed E-state index contributed by atoms with van der Waals surface area (Å²) in [6, 6.07) is 11.9. The Morgan fingerprint density at radius 1 is 1.26 bits per heavy atom. The van der Waals surface area contributed by atoms with Crippen LogP contribution in [0.3, 0.4) is 0 Å². The molecular weight excluding hydrogens is 256 g/mol. The maximum Gasteiger partial charge on any atom is 0.134 e. The summed E-state index contributed by atoms with van der Waals surface area (Å²) in [5, 5.41) is 3.10. The van der Waals surface area contributed by atoms with E-state index in [1.807, 2.05) is 35.7 Å². The SMILES string of the molecule is COc1ccsc1C(N)c1ccc2ncccc2c1. The first-order valence-electron chi connectivity index (χ1n) is 6.01. The molecule has 0 aliphatic carbocycles. The van der Waals surface area contributed by atoms with E-state index in [9.17, 15) is 0 Å². The van der Waals surface area contributed by atoms with E-state index in [1.165, 1.54) is 0 Å². The van der Waals surface area contributed by atoms with Crippen molar-refractivity contribution in [2.75, 3.05) is 7.11 Å². The van der Waals surface area contributed by atoms with Gasteiger partial charge in [0.1, 0.15) is 5.75 Å². The maximum atomic E-state index is 6.34. The van der Waals surface area contributed by atoms with Gasteiger partial charge in [0, 0.05) is 11.6 Å². The lowest BCUT2D eigenvalue weighted by Gasteiger charge is -2.13. The maximum absolute atomic E-state index is 6.34. The van der Waals surface area contributed by atoms with Gasteiger partial charge in [0.05, 0.1) is 23.5 Å². The molecule has 1 aromatic carbocycles. The summed E-state index contributed by atoms with van der Waals surface area (Å²) in [5.74, 6) is 0.851. The fourth-order valence-corrected chi connectivity index (χ4v) is 3.03. The van der Waals surface area contributed by atoms with Crippen molar-refractivity contribution in [2.24, 2.45) is 5.73 Å². The Balaban J connectivity index is 2.04. The van der Waals surface area contributed by atoms with Gasteiger partial charge in [-0.25, -0.2) is 0 Å². The zero-order valence-corrected chi connectivity index (χ0v) is 11.4. The lowest BCUT2D eigenvalue weighted by molar-refractivity contribution is 0.411. The van der Waals surface area contributed by atoms with Gasteiger partial charge in [-0.2, -0.15) is 0 Å². The highest BCUT2D eigenvalue weighted by atomic mass is 32.1. The fourth-order valence-electron chi connectivity index (χ4n) is 2.14. The monoisotopic (exact) mass is 270 g/mol. The van der Waals surface area contributed by atoms with E-state index >= 15 is 0 Å². The minimum atomic E-state index is -0.167. The predicted molar refractivity (Wildman–Crippen MR) is 78.6 cm³/mol. The summed E-state index contributed by atoms with van der Waals surface area (Å²) in [5.41, 5.74) is 8.39. The largest absolute Gasteiger partial charge is 0.496 e. The van der Waals surface area contributed by atoms with E-state index in [0.717, 1.165) is 27.1 Å². The van der Waals surface area contributed by atoms with Gasteiger partial charge < -0.3 is 10.5 Å². The van der Waals surface area contributed by atoms with E-state index < -0.39 is 0 Å². The Morgan fingerprint density at radius 2 is 2.16 bits per heavy atom. The number of hydrogen-bond acceptors (Lipinski definition) is 4. The molecule has 0 aliphatic rings. The molecule has 2 heterocycles. The molecule has 0 saturated heterocycles. The molecule has 0 amide bonds. The molecule has 19 heavy (non-hydrogen) atoms. The lowest BCUT2D eigenvalue weighted by Crippen LogP contribution is -2.11. The van der Waals surface area contributed by atoms with E-state index in [0.29, 0.717) is 0 Å². The molecule has 3 aromatic rings. The Kier molecular flexibility index (Phi) is 3.19. The van der Waals surface area contributed by atoms with E-state index in [1.54, 1.807) is 24.6 Å². The van der Waals surface area contributed by atoms with Crippen molar-refractivity contribution < 1.29 is 4.74 Å². The van der Waals surface area contributed by atoms with E-state index in [-0.39, 0.29) is 6.04 Å². The summed E-state index contributed by atoms with van der Waals surface area (Å²) in [4.78, 5) is 5.36. The van der Waals surface area contributed by atoms with Crippen LogP contribution in [0, 0.1) is 0 Å². The standard InChI is InChI=1S/C15H14N2OS/c1-18-13-6-8-19-15(13)14(16)11-4-5-12-10(9-11)3-2-7-17-12/h2-9,14H,16H2,1H3. The van der Waals surface area contributed by atoms with Crippen LogP contribution in [-0.2, 0) is 0 Å². The summed E-state index contributed by atoms with van der Waals surface area (Å²) >= 11 is 1.62. The zero-order chi connectivity index (χ0) is 13.2. The molecule has 1 atom stereocenters. The van der Waals surface area contributed by atoms with Crippen LogP contribution in [0.2, 0.25) is 0 Å². The van der Waals surface area contributed by atoms with Crippen molar-refractivity contribution in [1.82, 2.24) is 4.98 Å². The molecule has 0 aliphatic heterocycles. The Morgan fingerprint density at radius 3 is 3.00 bits per heavy atom. The van der Waals surface area contributed by atoms with Gasteiger partial charge in [-0.3, -0.25) is 4.98 Å². The number of nitrogens with zero attached hydrogens (tertiary/aromatic N) is 1. The molecule has 0 bridgehead atoms. The molecule has 4 heteroatoms. The first-order chi connectivity index (χ1) is 9.29. The molecule has 2 aromatic heterocycles. The zero-order valence-electron chi connectivity index (χ0n) is 10.5. The van der Waals surface area contributed by atoms with Gasteiger partial charge in [-0.05, 0) is 35.2 Å². The van der Waals surface area contributed by atoms with Crippen molar-refractivity contribution in [3.05, 3.63) is 58.4 Å². The second-order valence-electron chi connectivity index (χ2n) is 4.29. The second kappa shape index (κ2) is 4.99. The lowest BCUT2D eigenvalue weighted by atomic mass is 10.0. The van der Waals surface area contributed by atoms with Crippen molar-refractivity contribution in [2.45, 2.75) is 6.04 Å². The van der Waals surface area contributed by atoms with Gasteiger partial charge in [-0.15, -0.1) is 11.3 Å². The summed E-state index contributed by atoms with van der Waals surface area (Å²) in [6.07, 6.45) is 1.80. The summed E-state index contributed by atoms with van der Waals surface area (Å²) in [7, 11) is 1.67. The van der Waals surface area contributed by atoms with Crippen LogP contribution in [-0.4, -0.2) is 12.1 Å². The van der Waals surface area contributed by atoms with Crippen molar-refractivity contribution in [1.29, 1.82) is 0 Å². The third-order valence-electron chi connectivity index (χ3n) is 3.15. The number of aromatic nitrogens is 1. The molecule has 3 nitrogen and oxygen atoms in total. The minimum Gasteiger partial charge on any atom is -0.496 e. The summed E-state index contributed by atoms with van der Waals surface area (Å²) in [6.45, 7) is 0. The number of nitrogens with two attached hydrogens (primary N) is 1. The predicted octanol–water partition coefficient (Wildman–Crippen LogP) is 3.35. The molecule has 96 valence electrons. The highest BCUT2D eigenvalue weighted by Crippen LogP contribution is 2.33. The molecule has 0 spiro atoms. The van der Waals surface area contributed by atoms with Crippen molar-refractivity contribution in [3.8, 4) is 5.75 Å². The number of hydrogen-bond donors (Lipinski definition) is 1. The van der Waals surface area contributed by atoms with Crippen molar-refractivity contribution >= 4 is 22.2 Å². The number of benzene rings is 1. The van der Waals surface area contributed by atoms with E-state index in [4.69, 9.17) is 10.5 Å². The van der Waals surface area contributed by atoms with Gasteiger partial charge in [0.15, 0.2) is 0 Å². The molecular formula is C15H14N2OS. The van der Waals surface area contributed by atoms with Crippen LogP contribution in [0.1, 0.15) is 16.5 Å². The van der Waals surface area contributed by atoms with Crippen LogP contribution in [0.5, 0.6) is 5.75 Å². The number of rotatable bonds is 3. The quantitative estimate of drug-likeness (QED) is 0.794. The summed E-state index contributed by atoms with van der Waals surface area (Å²) < 4.78 is 5.33. The Bertz CT molecular complexity index is 708. The van der Waals surface area contributed by atoms with Crippen LogP contribution in [0.15, 0.2) is 48.0 Å². The number of methoxy groups -OCH3 is 1. The smallest absolute Gasteiger partial charge is 0.134 e. The molecule has 1 unspecified atom stereocenters. The first-order valence-corrected chi connectivity index (χ1v) is 6.89. The van der Waals surface area contributed by atoms with Gasteiger partial charge in [0.25, 0.3) is 0 Å². The van der Waals surface area contributed by atoms with Gasteiger partial charge >= 0.3 is 0 Å². The molecule has 0 radical (unpaired) electrons. The highest BCUT2D eigenvalue weighted by Gasteiger charge is 2.15. The first kappa shape index (κ1) is 12.1. The average Bonchev–Trinajstić information content (AvgIpc) is 2.94. The van der Waals surface area contributed by atoms with E-state index in [2.05, 4.69) is 11.1 Å². The average molecular weight is 270 g/mol. The number of thiophene rings is 1. The molecule has 3 rings (SSSR count). The minimum absolute atomic E-state index is 0.167. The molecule has 0 fully saturated rings. The third kappa shape index (κ3) is 2.20. The topological polar surface area (TPSA) is 48.1 Å². The van der Waals surface area contributed by atoms with Gasteiger partial charge in [0.2, 0.25) is 0 Å². The highest BCUT2D eigenvalue weighted by molar-refractivity contribution is 7.10. The third-order valence-corrected chi connectivity index (χ3v) is 4.13. The molecule has 0 saturated carbocycles. The Labute approximate surface area is 115 Å². The van der Waals surface area contributed by atoms with Crippen LogP contribution in [0.4, 0.5) is 0 Å². The number of fused-ring (bicyclic) bond motifs is 1. The number of pyridine rings is 1. The van der Waals surface area contributed by atoms with Crippen LogP contribution in [0.25, 0.3) is 10.9 Å². The normalized spacial score (nSPS) is 12.5. The van der Waals surface area contributed by atoms with Crippen molar-refractivity contribution in [3.63, 3.8) is 0 Å². The van der Waals surface area contributed by atoms with Crippen LogP contribution < -0.4 is 10.5 Å². The Hall–Kier alpha value is -1.91. The fraction of sp³-hybridized carbons (Fsp3) is 0.133. The number of ether oxygens (including phenoxy) is 1. The second-order valence-corrected chi connectivity index (χ2v) is 5.23. The molecule has 2 N–H and O–H groups in total. The van der Waals surface area contributed by atoms with Gasteiger partial charge in [-0.1, -0.05) is 12.1 Å². The van der Waals surface area contributed by atoms with Crippen LogP contribution >= 0.6 is 11.3 Å².